The van der Waals surface area contributed by atoms with Crippen LogP contribution in [0.4, 0.5) is 5.69 Å². The Bertz CT molecular complexity index is 970. The van der Waals surface area contributed by atoms with E-state index in [4.69, 9.17) is 0 Å². The molecule has 0 radical (unpaired) electrons. The standard InChI is InChI=1S/C22H20N2O4/c1-14-11-12-17(16-9-5-6-10-18(16)24(27)28)20-19(14)21(25)23(22(20)26)13-15-7-3-2-4-8-15/h2-12,14,17,19-20H,13H2,1H3. The number of likely N-dealkylation sites (tertiary alicyclic amines) is 1. The molecule has 0 spiro atoms. The molecule has 2 aromatic rings. The molecule has 142 valence electrons. The number of benzene rings is 2. The number of nitro benzene ring substituents is 1. The van der Waals surface area contributed by atoms with Gasteiger partial charge in [0.2, 0.25) is 11.8 Å². The van der Waals surface area contributed by atoms with Crippen LogP contribution in [0.1, 0.15) is 24.0 Å². The minimum Gasteiger partial charge on any atom is -0.278 e. The second-order valence-corrected chi connectivity index (χ2v) is 7.39. The van der Waals surface area contributed by atoms with Gasteiger partial charge in [-0.3, -0.25) is 24.6 Å². The van der Waals surface area contributed by atoms with E-state index in [1.807, 2.05) is 49.4 Å². The average molecular weight is 376 g/mol. The Morgan fingerprint density at radius 3 is 2.29 bits per heavy atom. The Labute approximate surface area is 162 Å². The molecular weight excluding hydrogens is 356 g/mol. The Morgan fingerprint density at radius 1 is 0.929 bits per heavy atom. The summed E-state index contributed by atoms with van der Waals surface area (Å²) in [6, 6.07) is 15.8. The van der Waals surface area contributed by atoms with Gasteiger partial charge in [-0.15, -0.1) is 0 Å². The largest absolute Gasteiger partial charge is 0.278 e. The third-order valence-corrected chi connectivity index (χ3v) is 5.74. The van der Waals surface area contributed by atoms with Gasteiger partial charge in [0.05, 0.1) is 23.3 Å². The topological polar surface area (TPSA) is 80.5 Å². The summed E-state index contributed by atoms with van der Waals surface area (Å²) in [4.78, 5) is 38.7. The summed E-state index contributed by atoms with van der Waals surface area (Å²) in [6.45, 7) is 2.14. The van der Waals surface area contributed by atoms with Crippen molar-refractivity contribution in [1.29, 1.82) is 0 Å². The zero-order valence-corrected chi connectivity index (χ0v) is 15.4. The van der Waals surface area contributed by atoms with Crippen LogP contribution in [0.2, 0.25) is 0 Å². The molecular formula is C22H20N2O4. The maximum Gasteiger partial charge on any atom is 0.273 e. The smallest absolute Gasteiger partial charge is 0.273 e. The molecule has 2 aliphatic rings. The molecule has 2 amide bonds. The van der Waals surface area contributed by atoms with Crippen LogP contribution >= 0.6 is 0 Å². The van der Waals surface area contributed by atoms with E-state index in [9.17, 15) is 19.7 Å². The highest BCUT2D eigenvalue weighted by Gasteiger charge is 2.54. The molecule has 4 rings (SSSR count). The van der Waals surface area contributed by atoms with E-state index in [-0.39, 0.29) is 30.0 Å². The number of fused-ring (bicyclic) bond motifs is 1. The number of imide groups is 1. The van der Waals surface area contributed by atoms with Gasteiger partial charge in [0.25, 0.3) is 5.69 Å². The van der Waals surface area contributed by atoms with Gasteiger partial charge in [-0.25, -0.2) is 0 Å². The minimum absolute atomic E-state index is 0.0211. The number of carbonyl (C=O) groups excluding carboxylic acids is 2. The van der Waals surface area contributed by atoms with Crippen molar-refractivity contribution in [1.82, 2.24) is 4.90 Å². The summed E-state index contributed by atoms with van der Waals surface area (Å²) in [6.07, 6.45) is 3.76. The Kier molecular flexibility index (Phi) is 4.55. The van der Waals surface area contributed by atoms with Crippen molar-refractivity contribution >= 4 is 17.5 Å². The number of nitro groups is 1. The van der Waals surface area contributed by atoms with Gasteiger partial charge in [-0.2, -0.15) is 0 Å². The number of amides is 2. The van der Waals surface area contributed by atoms with E-state index in [1.165, 1.54) is 11.0 Å². The molecule has 1 fully saturated rings. The van der Waals surface area contributed by atoms with Crippen LogP contribution in [0, 0.1) is 27.9 Å². The Hall–Kier alpha value is -3.28. The van der Waals surface area contributed by atoms with Gasteiger partial charge >= 0.3 is 0 Å². The van der Waals surface area contributed by atoms with Crippen LogP contribution in [0.15, 0.2) is 66.7 Å². The van der Waals surface area contributed by atoms with Crippen molar-refractivity contribution in [3.63, 3.8) is 0 Å². The number of hydrogen-bond donors (Lipinski definition) is 0. The van der Waals surface area contributed by atoms with Gasteiger partial charge in [0.15, 0.2) is 0 Å². The first-order valence-corrected chi connectivity index (χ1v) is 9.30. The van der Waals surface area contributed by atoms with Gasteiger partial charge in [-0.05, 0) is 11.5 Å². The first kappa shape index (κ1) is 18.1. The van der Waals surface area contributed by atoms with Crippen molar-refractivity contribution in [2.75, 3.05) is 0 Å². The fourth-order valence-corrected chi connectivity index (χ4v) is 4.39. The van der Waals surface area contributed by atoms with E-state index in [2.05, 4.69) is 0 Å². The lowest BCUT2D eigenvalue weighted by atomic mass is 9.70. The number of carbonyl (C=O) groups is 2. The Morgan fingerprint density at radius 2 is 1.57 bits per heavy atom. The molecule has 28 heavy (non-hydrogen) atoms. The lowest BCUT2D eigenvalue weighted by Crippen LogP contribution is -2.31. The van der Waals surface area contributed by atoms with Crippen LogP contribution < -0.4 is 0 Å². The van der Waals surface area contributed by atoms with Crippen LogP contribution in [0.25, 0.3) is 0 Å². The number of rotatable bonds is 4. The highest BCUT2D eigenvalue weighted by atomic mass is 16.6. The lowest BCUT2D eigenvalue weighted by molar-refractivity contribution is -0.385. The molecule has 4 unspecified atom stereocenters. The second kappa shape index (κ2) is 7.03. The third kappa shape index (κ3) is 2.91. The predicted molar refractivity (Wildman–Crippen MR) is 103 cm³/mol. The SMILES string of the molecule is CC1C=CC(c2ccccc2[N+](=O)[O-])C2C(=O)N(Cc3ccccc3)C(=O)C12. The van der Waals surface area contributed by atoms with Crippen LogP contribution in [-0.4, -0.2) is 21.6 Å². The van der Waals surface area contributed by atoms with Gasteiger partial charge in [-0.1, -0.05) is 67.6 Å². The molecule has 1 heterocycles. The predicted octanol–water partition coefficient (Wildman–Crippen LogP) is 3.69. The third-order valence-electron chi connectivity index (χ3n) is 5.74. The normalized spacial score (nSPS) is 26.4. The van der Waals surface area contributed by atoms with E-state index in [1.54, 1.807) is 18.2 Å². The van der Waals surface area contributed by atoms with E-state index < -0.39 is 22.7 Å². The molecule has 0 aromatic heterocycles. The van der Waals surface area contributed by atoms with Crippen molar-refractivity contribution < 1.29 is 14.5 Å². The summed E-state index contributed by atoms with van der Waals surface area (Å²) < 4.78 is 0. The first-order valence-electron chi connectivity index (χ1n) is 9.30. The van der Waals surface area contributed by atoms with Gasteiger partial charge in [0, 0.05) is 17.5 Å². The number of para-hydroxylation sites is 1. The van der Waals surface area contributed by atoms with E-state index >= 15 is 0 Å². The van der Waals surface area contributed by atoms with Crippen molar-refractivity contribution in [2.45, 2.75) is 19.4 Å². The molecule has 6 heteroatoms. The average Bonchev–Trinajstić information content (AvgIpc) is 2.95. The molecule has 0 bridgehead atoms. The molecule has 0 saturated carbocycles. The summed E-state index contributed by atoms with van der Waals surface area (Å²) in [5.74, 6) is -2.14. The summed E-state index contributed by atoms with van der Waals surface area (Å²) in [5, 5.41) is 11.5. The van der Waals surface area contributed by atoms with Crippen molar-refractivity contribution in [2.24, 2.45) is 17.8 Å². The van der Waals surface area contributed by atoms with Crippen LogP contribution in [-0.2, 0) is 16.1 Å². The van der Waals surface area contributed by atoms with Gasteiger partial charge in [0.1, 0.15) is 0 Å². The summed E-state index contributed by atoms with van der Waals surface area (Å²) >= 11 is 0. The highest BCUT2D eigenvalue weighted by molar-refractivity contribution is 6.06. The molecule has 6 nitrogen and oxygen atoms in total. The first-order chi connectivity index (χ1) is 13.5. The number of nitrogens with zero attached hydrogens (tertiary/aromatic N) is 2. The molecule has 4 atom stereocenters. The highest BCUT2D eigenvalue weighted by Crippen LogP contribution is 2.47. The number of hydrogen-bond acceptors (Lipinski definition) is 4. The quantitative estimate of drug-likeness (QED) is 0.353. The molecule has 1 aliphatic heterocycles. The zero-order chi connectivity index (χ0) is 19.8. The van der Waals surface area contributed by atoms with Crippen LogP contribution in [0.5, 0.6) is 0 Å². The number of allylic oxidation sites excluding steroid dienone is 2. The monoisotopic (exact) mass is 376 g/mol. The van der Waals surface area contributed by atoms with E-state index in [0.29, 0.717) is 5.56 Å². The fraction of sp³-hybridized carbons (Fsp3) is 0.273. The van der Waals surface area contributed by atoms with E-state index in [0.717, 1.165) is 5.56 Å². The molecule has 1 aliphatic carbocycles. The van der Waals surface area contributed by atoms with Crippen molar-refractivity contribution in [3.8, 4) is 0 Å². The summed E-state index contributed by atoms with van der Waals surface area (Å²) in [5.41, 5.74) is 1.34. The fourth-order valence-electron chi connectivity index (χ4n) is 4.39. The maximum atomic E-state index is 13.3. The van der Waals surface area contributed by atoms with Gasteiger partial charge < -0.3 is 0 Å². The second-order valence-electron chi connectivity index (χ2n) is 7.39. The maximum absolute atomic E-state index is 13.3. The lowest BCUT2D eigenvalue weighted by Gasteiger charge is -2.30. The van der Waals surface area contributed by atoms with Crippen LogP contribution in [0.3, 0.4) is 0 Å². The zero-order valence-electron chi connectivity index (χ0n) is 15.4. The molecule has 1 saturated heterocycles. The Balaban J connectivity index is 1.73. The minimum atomic E-state index is -0.614. The molecule has 2 aromatic carbocycles. The van der Waals surface area contributed by atoms with Crippen molar-refractivity contribution in [3.05, 3.63) is 88.0 Å². The molecule has 0 N–H and O–H groups in total. The summed E-state index contributed by atoms with van der Waals surface area (Å²) in [7, 11) is 0.